The number of carbonyl (C=O) groups excluding carboxylic acids is 1. The summed E-state index contributed by atoms with van der Waals surface area (Å²) in [7, 11) is 3.50. The molecule has 0 unspecified atom stereocenters. The van der Waals surface area contributed by atoms with Gasteiger partial charge >= 0.3 is 0 Å². The van der Waals surface area contributed by atoms with Gasteiger partial charge in [0, 0.05) is 52.4 Å². The van der Waals surface area contributed by atoms with Crippen molar-refractivity contribution in [3.63, 3.8) is 0 Å². The van der Waals surface area contributed by atoms with Gasteiger partial charge in [-0.25, -0.2) is 4.99 Å². The molecule has 0 fully saturated rings. The molecule has 158 valence electrons. The third-order valence-electron chi connectivity index (χ3n) is 4.23. The van der Waals surface area contributed by atoms with E-state index in [1.165, 1.54) is 0 Å². The lowest BCUT2D eigenvalue weighted by molar-refractivity contribution is 0.0827. The normalized spacial score (nSPS) is 11.3. The minimum atomic E-state index is -0.00343. The van der Waals surface area contributed by atoms with Crippen LogP contribution in [0, 0.1) is 0 Å². The molecule has 0 bridgehead atoms. The van der Waals surface area contributed by atoms with Gasteiger partial charge in [-0.2, -0.15) is 0 Å². The van der Waals surface area contributed by atoms with E-state index in [1.54, 1.807) is 25.3 Å². The molecule has 7 heteroatoms. The first-order valence-corrected chi connectivity index (χ1v) is 10.0. The molecule has 2 rings (SSSR count). The number of rotatable bonds is 11. The summed E-state index contributed by atoms with van der Waals surface area (Å²) in [4.78, 5) is 18.2. The number of ether oxygens (including phenoxy) is 1. The molecule has 2 N–H and O–H groups in total. The zero-order valence-electron chi connectivity index (χ0n) is 17.6. The first-order chi connectivity index (χ1) is 14.1. The first kappa shape index (κ1) is 22.5. The lowest BCUT2D eigenvalue weighted by Crippen LogP contribution is -2.39. The molecule has 0 spiro atoms. The van der Waals surface area contributed by atoms with Crippen LogP contribution in [0.3, 0.4) is 0 Å². The standard InChI is InChI=1S/C22H32N4O3/c1-4-28-15-6-13-23-22(24-14-12-20-7-5-16-29-20)25-17-18-8-10-19(11-9-18)21(27)26(2)3/h5,7-11,16H,4,6,12-15,17H2,1-3H3,(H2,23,24,25). The van der Waals surface area contributed by atoms with E-state index < -0.39 is 0 Å². The SMILES string of the molecule is CCOCCCNC(=NCc1ccc(C(=O)N(C)C)cc1)NCCc1ccco1. The Morgan fingerprint density at radius 1 is 1.14 bits per heavy atom. The van der Waals surface area contributed by atoms with E-state index in [0.717, 1.165) is 56.4 Å². The topological polar surface area (TPSA) is 79.1 Å². The minimum Gasteiger partial charge on any atom is -0.469 e. The fourth-order valence-electron chi connectivity index (χ4n) is 2.64. The molecule has 1 aromatic heterocycles. The summed E-state index contributed by atoms with van der Waals surface area (Å²) in [5.74, 6) is 1.69. The van der Waals surface area contributed by atoms with E-state index >= 15 is 0 Å². The number of aliphatic imine (C=N–C) groups is 1. The van der Waals surface area contributed by atoms with Crippen LogP contribution in [0.1, 0.15) is 35.0 Å². The van der Waals surface area contributed by atoms with Crippen molar-refractivity contribution in [1.82, 2.24) is 15.5 Å². The highest BCUT2D eigenvalue weighted by Gasteiger charge is 2.07. The maximum absolute atomic E-state index is 12.0. The summed E-state index contributed by atoms with van der Waals surface area (Å²) in [5.41, 5.74) is 1.72. The van der Waals surface area contributed by atoms with Crippen molar-refractivity contribution in [3.8, 4) is 0 Å². The zero-order valence-corrected chi connectivity index (χ0v) is 17.6. The molecule has 0 aliphatic rings. The van der Waals surface area contributed by atoms with Crippen LogP contribution in [-0.2, 0) is 17.7 Å². The summed E-state index contributed by atoms with van der Waals surface area (Å²) in [6, 6.07) is 11.4. The summed E-state index contributed by atoms with van der Waals surface area (Å²) >= 11 is 0. The number of guanidine groups is 1. The molecule has 1 amide bonds. The average Bonchev–Trinajstić information content (AvgIpc) is 3.24. The van der Waals surface area contributed by atoms with Crippen LogP contribution in [0.2, 0.25) is 0 Å². The van der Waals surface area contributed by atoms with Gasteiger partial charge < -0.3 is 24.7 Å². The molecule has 1 heterocycles. The number of hydrogen-bond donors (Lipinski definition) is 2. The highest BCUT2D eigenvalue weighted by Crippen LogP contribution is 2.07. The van der Waals surface area contributed by atoms with Gasteiger partial charge in [0.2, 0.25) is 0 Å². The van der Waals surface area contributed by atoms with Gasteiger partial charge in [0.25, 0.3) is 5.91 Å². The van der Waals surface area contributed by atoms with E-state index in [4.69, 9.17) is 9.15 Å². The monoisotopic (exact) mass is 400 g/mol. The van der Waals surface area contributed by atoms with Gasteiger partial charge in [-0.15, -0.1) is 0 Å². The van der Waals surface area contributed by atoms with Crippen molar-refractivity contribution in [2.24, 2.45) is 4.99 Å². The molecule has 0 saturated heterocycles. The number of nitrogens with one attached hydrogen (secondary N) is 2. The van der Waals surface area contributed by atoms with Crippen molar-refractivity contribution in [2.45, 2.75) is 26.3 Å². The van der Waals surface area contributed by atoms with Crippen molar-refractivity contribution < 1.29 is 13.9 Å². The van der Waals surface area contributed by atoms with E-state index in [2.05, 4.69) is 15.6 Å². The van der Waals surface area contributed by atoms with Crippen molar-refractivity contribution >= 4 is 11.9 Å². The lowest BCUT2D eigenvalue weighted by Gasteiger charge is -2.13. The predicted molar refractivity (Wildman–Crippen MR) is 115 cm³/mol. The molecule has 0 saturated carbocycles. The van der Waals surface area contributed by atoms with Crippen molar-refractivity contribution in [1.29, 1.82) is 0 Å². The van der Waals surface area contributed by atoms with Crippen molar-refractivity contribution in [3.05, 3.63) is 59.5 Å². The van der Waals surface area contributed by atoms with Gasteiger partial charge in [0.15, 0.2) is 5.96 Å². The van der Waals surface area contributed by atoms with Crippen LogP contribution < -0.4 is 10.6 Å². The average molecular weight is 401 g/mol. The van der Waals surface area contributed by atoms with Crippen LogP contribution in [0.25, 0.3) is 0 Å². The highest BCUT2D eigenvalue weighted by molar-refractivity contribution is 5.93. The maximum Gasteiger partial charge on any atom is 0.253 e. The van der Waals surface area contributed by atoms with Crippen molar-refractivity contribution in [2.75, 3.05) is 40.4 Å². The molecule has 7 nitrogen and oxygen atoms in total. The van der Waals surface area contributed by atoms with E-state index in [-0.39, 0.29) is 5.91 Å². The second kappa shape index (κ2) is 12.6. The molecule has 0 atom stereocenters. The molecule has 0 radical (unpaired) electrons. The molecule has 1 aromatic carbocycles. The fourth-order valence-corrected chi connectivity index (χ4v) is 2.64. The summed E-state index contributed by atoms with van der Waals surface area (Å²) in [5, 5.41) is 6.68. The second-order valence-corrected chi connectivity index (χ2v) is 6.79. The van der Waals surface area contributed by atoms with Gasteiger partial charge in [-0.3, -0.25) is 4.79 Å². The fraction of sp³-hybridized carbons (Fsp3) is 0.455. The number of nitrogens with zero attached hydrogens (tertiary/aromatic N) is 2. The summed E-state index contributed by atoms with van der Waals surface area (Å²) < 4.78 is 10.7. The first-order valence-electron chi connectivity index (χ1n) is 10.0. The Morgan fingerprint density at radius 2 is 1.90 bits per heavy atom. The van der Waals surface area contributed by atoms with E-state index in [9.17, 15) is 4.79 Å². The molecule has 2 aromatic rings. The Labute approximate surface area is 173 Å². The van der Waals surface area contributed by atoms with E-state index in [1.807, 2.05) is 43.3 Å². The van der Waals surface area contributed by atoms with E-state index in [0.29, 0.717) is 12.1 Å². The molecule has 0 aliphatic heterocycles. The van der Waals surface area contributed by atoms with Gasteiger partial charge in [0.1, 0.15) is 5.76 Å². The van der Waals surface area contributed by atoms with Gasteiger partial charge in [0.05, 0.1) is 12.8 Å². The molecule has 29 heavy (non-hydrogen) atoms. The summed E-state index contributed by atoms with van der Waals surface area (Å²) in [6.45, 7) is 5.48. The lowest BCUT2D eigenvalue weighted by atomic mass is 10.1. The zero-order chi connectivity index (χ0) is 20.9. The Kier molecular flexibility index (Phi) is 9.78. The number of carbonyl (C=O) groups is 1. The van der Waals surface area contributed by atoms with Crippen LogP contribution in [0.4, 0.5) is 0 Å². The molecule has 0 aliphatic carbocycles. The number of amides is 1. The summed E-state index contributed by atoms with van der Waals surface area (Å²) in [6.07, 6.45) is 3.38. The number of hydrogen-bond acceptors (Lipinski definition) is 4. The molecular weight excluding hydrogens is 368 g/mol. The predicted octanol–water partition coefficient (Wildman–Crippen LogP) is 2.69. The Hall–Kier alpha value is -2.80. The van der Waals surface area contributed by atoms with Crippen LogP contribution >= 0.6 is 0 Å². The Balaban J connectivity index is 1.90. The Morgan fingerprint density at radius 3 is 2.55 bits per heavy atom. The smallest absolute Gasteiger partial charge is 0.253 e. The maximum atomic E-state index is 12.0. The number of furan rings is 1. The second-order valence-electron chi connectivity index (χ2n) is 6.79. The van der Waals surface area contributed by atoms with Crippen LogP contribution in [-0.4, -0.2) is 57.2 Å². The van der Waals surface area contributed by atoms with Crippen LogP contribution in [0.15, 0.2) is 52.1 Å². The minimum absolute atomic E-state index is 0.00343. The van der Waals surface area contributed by atoms with Crippen LogP contribution in [0.5, 0.6) is 0 Å². The Bertz CT molecular complexity index is 740. The highest BCUT2D eigenvalue weighted by atomic mass is 16.5. The number of benzene rings is 1. The third kappa shape index (κ3) is 8.39. The van der Waals surface area contributed by atoms with Gasteiger partial charge in [-0.1, -0.05) is 12.1 Å². The molecular formula is C22H32N4O3. The third-order valence-corrected chi connectivity index (χ3v) is 4.23. The quantitative estimate of drug-likeness (QED) is 0.344. The largest absolute Gasteiger partial charge is 0.469 e. The van der Waals surface area contributed by atoms with Gasteiger partial charge in [-0.05, 0) is 43.2 Å².